The second kappa shape index (κ2) is 5.05. The van der Waals surface area contributed by atoms with E-state index in [-0.39, 0.29) is 11.7 Å². The number of carbonyl (C=O) groups is 1. The summed E-state index contributed by atoms with van der Waals surface area (Å²) in [5, 5.41) is 5.73. The van der Waals surface area contributed by atoms with Crippen LogP contribution < -0.4 is 10.6 Å². The van der Waals surface area contributed by atoms with E-state index < -0.39 is 6.10 Å². The Morgan fingerprint density at radius 2 is 2.19 bits per heavy atom. The number of amides is 1. The molecule has 2 rings (SSSR count). The number of ether oxygens (including phenoxy) is 1. The average Bonchev–Trinajstić information content (AvgIpc) is 2.33. The first-order valence-corrected chi connectivity index (χ1v) is 5.14. The molecule has 0 bridgehead atoms. The van der Waals surface area contributed by atoms with Gasteiger partial charge in [-0.25, -0.2) is 4.39 Å². The lowest BCUT2D eigenvalue weighted by Crippen LogP contribution is -2.45. The van der Waals surface area contributed by atoms with Crippen molar-refractivity contribution in [3.63, 3.8) is 0 Å². The van der Waals surface area contributed by atoms with Gasteiger partial charge in [0.1, 0.15) is 11.9 Å². The van der Waals surface area contributed by atoms with Crippen LogP contribution in [0.5, 0.6) is 0 Å². The van der Waals surface area contributed by atoms with E-state index in [1.807, 2.05) is 0 Å². The van der Waals surface area contributed by atoms with Gasteiger partial charge in [-0.15, -0.1) is 0 Å². The third-order valence-electron chi connectivity index (χ3n) is 2.33. The first-order chi connectivity index (χ1) is 7.75. The summed E-state index contributed by atoms with van der Waals surface area (Å²) in [6.45, 7) is 1.80. The molecular formula is C11H13FN2O2. The SMILES string of the molecule is O=C(Nc1ccc(F)cc1)C1CNCCO1. The van der Waals surface area contributed by atoms with E-state index in [0.717, 1.165) is 6.54 Å². The van der Waals surface area contributed by atoms with Gasteiger partial charge in [-0.05, 0) is 24.3 Å². The number of benzene rings is 1. The predicted octanol–water partition coefficient (Wildman–Crippen LogP) is 0.753. The third kappa shape index (κ3) is 2.77. The second-order valence-corrected chi connectivity index (χ2v) is 3.56. The second-order valence-electron chi connectivity index (χ2n) is 3.56. The average molecular weight is 224 g/mol. The summed E-state index contributed by atoms with van der Waals surface area (Å²) < 4.78 is 17.9. The molecule has 1 amide bonds. The largest absolute Gasteiger partial charge is 0.366 e. The highest BCUT2D eigenvalue weighted by molar-refractivity contribution is 5.94. The molecule has 1 aromatic rings. The smallest absolute Gasteiger partial charge is 0.254 e. The van der Waals surface area contributed by atoms with Crippen molar-refractivity contribution in [2.45, 2.75) is 6.10 Å². The number of rotatable bonds is 2. The Balaban J connectivity index is 1.93. The molecular weight excluding hydrogens is 211 g/mol. The summed E-state index contributed by atoms with van der Waals surface area (Å²) in [7, 11) is 0. The zero-order valence-electron chi connectivity index (χ0n) is 8.70. The number of carbonyl (C=O) groups excluding carboxylic acids is 1. The molecule has 4 nitrogen and oxygen atoms in total. The van der Waals surface area contributed by atoms with Crippen LogP contribution in [0.25, 0.3) is 0 Å². The Morgan fingerprint density at radius 1 is 1.44 bits per heavy atom. The number of nitrogens with one attached hydrogen (secondary N) is 2. The van der Waals surface area contributed by atoms with Gasteiger partial charge in [0, 0.05) is 18.8 Å². The molecule has 1 unspecified atom stereocenters. The van der Waals surface area contributed by atoms with Crippen LogP contribution in [0, 0.1) is 5.82 Å². The highest BCUT2D eigenvalue weighted by Gasteiger charge is 2.21. The molecule has 0 spiro atoms. The number of morpholine rings is 1. The minimum absolute atomic E-state index is 0.209. The van der Waals surface area contributed by atoms with E-state index in [0.29, 0.717) is 18.8 Å². The summed E-state index contributed by atoms with van der Waals surface area (Å²) in [5.41, 5.74) is 0.570. The quantitative estimate of drug-likeness (QED) is 0.779. The van der Waals surface area contributed by atoms with Gasteiger partial charge in [-0.3, -0.25) is 4.79 Å². The van der Waals surface area contributed by atoms with Gasteiger partial charge in [-0.1, -0.05) is 0 Å². The lowest BCUT2D eigenvalue weighted by molar-refractivity contribution is -0.128. The van der Waals surface area contributed by atoms with E-state index >= 15 is 0 Å². The maximum Gasteiger partial charge on any atom is 0.254 e. The maximum absolute atomic E-state index is 12.6. The van der Waals surface area contributed by atoms with Gasteiger partial charge in [-0.2, -0.15) is 0 Å². The molecule has 1 fully saturated rings. The Morgan fingerprint density at radius 3 is 2.81 bits per heavy atom. The van der Waals surface area contributed by atoms with Gasteiger partial charge in [0.2, 0.25) is 0 Å². The number of hydrogen-bond acceptors (Lipinski definition) is 3. The van der Waals surface area contributed by atoms with Crippen molar-refractivity contribution < 1.29 is 13.9 Å². The molecule has 1 heterocycles. The molecule has 1 aromatic carbocycles. The van der Waals surface area contributed by atoms with E-state index in [4.69, 9.17) is 4.74 Å². The maximum atomic E-state index is 12.6. The molecule has 5 heteroatoms. The molecule has 1 atom stereocenters. The Bertz CT molecular complexity index is 361. The fourth-order valence-electron chi connectivity index (χ4n) is 1.49. The Kier molecular flexibility index (Phi) is 3.48. The van der Waals surface area contributed by atoms with Crippen LogP contribution in [0.4, 0.5) is 10.1 Å². The van der Waals surface area contributed by atoms with E-state index in [1.165, 1.54) is 24.3 Å². The summed E-state index contributed by atoms with van der Waals surface area (Å²) >= 11 is 0. The van der Waals surface area contributed by atoms with Gasteiger partial charge in [0.25, 0.3) is 5.91 Å². The first kappa shape index (κ1) is 11.0. The standard InChI is InChI=1S/C11H13FN2O2/c12-8-1-3-9(4-2-8)14-11(15)10-7-13-5-6-16-10/h1-4,10,13H,5-7H2,(H,14,15). The van der Waals surface area contributed by atoms with Crippen molar-refractivity contribution >= 4 is 11.6 Å². The minimum Gasteiger partial charge on any atom is -0.366 e. The Hall–Kier alpha value is -1.46. The lowest BCUT2D eigenvalue weighted by atomic mass is 10.2. The highest BCUT2D eigenvalue weighted by atomic mass is 19.1. The van der Waals surface area contributed by atoms with Crippen LogP contribution in [-0.2, 0) is 9.53 Å². The normalized spacial score (nSPS) is 20.4. The first-order valence-electron chi connectivity index (χ1n) is 5.14. The monoisotopic (exact) mass is 224 g/mol. The van der Waals surface area contributed by atoms with Crippen molar-refractivity contribution in [3.05, 3.63) is 30.1 Å². The van der Waals surface area contributed by atoms with Crippen LogP contribution in [0.2, 0.25) is 0 Å². The van der Waals surface area contributed by atoms with Crippen molar-refractivity contribution in [2.24, 2.45) is 0 Å². The molecule has 0 aromatic heterocycles. The van der Waals surface area contributed by atoms with Gasteiger partial charge >= 0.3 is 0 Å². The van der Waals surface area contributed by atoms with Crippen LogP contribution in [0.15, 0.2) is 24.3 Å². The lowest BCUT2D eigenvalue weighted by Gasteiger charge is -2.22. The molecule has 1 aliphatic rings. The molecule has 1 saturated heterocycles. The molecule has 16 heavy (non-hydrogen) atoms. The fourth-order valence-corrected chi connectivity index (χ4v) is 1.49. The molecule has 0 saturated carbocycles. The van der Waals surface area contributed by atoms with Crippen molar-refractivity contribution in [3.8, 4) is 0 Å². The zero-order chi connectivity index (χ0) is 11.4. The molecule has 1 aliphatic heterocycles. The van der Waals surface area contributed by atoms with Gasteiger partial charge < -0.3 is 15.4 Å². The van der Waals surface area contributed by atoms with Crippen LogP contribution in [-0.4, -0.2) is 31.7 Å². The van der Waals surface area contributed by atoms with E-state index in [9.17, 15) is 9.18 Å². The number of hydrogen-bond donors (Lipinski definition) is 2. The van der Waals surface area contributed by atoms with E-state index in [1.54, 1.807) is 0 Å². The minimum atomic E-state index is -0.473. The zero-order valence-corrected chi connectivity index (χ0v) is 8.70. The summed E-state index contributed by atoms with van der Waals surface area (Å²) in [6, 6.07) is 5.64. The number of halogens is 1. The van der Waals surface area contributed by atoms with Crippen LogP contribution in [0.3, 0.4) is 0 Å². The topological polar surface area (TPSA) is 50.4 Å². The highest BCUT2D eigenvalue weighted by Crippen LogP contribution is 2.09. The Labute approximate surface area is 92.8 Å². The predicted molar refractivity (Wildman–Crippen MR) is 57.6 cm³/mol. The fraction of sp³-hybridized carbons (Fsp3) is 0.364. The van der Waals surface area contributed by atoms with E-state index in [2.05, 4.69) is 10.6 Å². The molecule has 0 aliphatic carbocycles. The summed E-state index contributed by atoms with van der Waals surface area (Å²) in [5.74, 6) is -0.535. The third-order valence-corrected chi connectivity index (χ3v) is 2.33. The summed E-state index contributed by atoms with van der Waals surface area (Å²) in [6.07, 6.45) is -0.473. The van der Waals surface area contributed by atoms with Crippen LogP contribution >= 0.6 is 0 Å². The molecule has 0 radical (unpaired) electrons. The van der Waals surface area contributed by atoms with Crippen molar-refractivity contribution in [1.82, 2.24) is 5.32 Å². The van der Waals surface area contributed by atoms with Crippen LogP contribution in [0.1, 0.15) is 0 Å². The number of anilines is 1. The van der Waals surface area contributed by atoms with Crippen molar-refractivity contribution in [2.75, 3.05) is 25.0 Å². The van der Waals surface area contributed by atoms with Gasteiger partial charge in [0.15, 0.2) is 0 Å². The van der Waals surface area contributed by atoms with Gasteiger partial charge in [0.05, 0.1) is 6.61 Å². The molecule has 86 valence electrons. The molecule has 2 N–H and O–H groups in total. The van der Waals surface area contributed by atoms with Crippen molar-refractivity contribution in [1.29, 1.82) is 0 Å². The summed E-state index contributed by atoms with van der Waals surface area (Å²) in [4.78, 5) is 11.7.